The number of rotatable bonds is 3. The zero-order valence-corrected chi connectivity index (χ0v) is 8.56. The van der Waals surface area contributed by atoms with Crippen LogP contribution in [0, 0.1) is 5.82 Å². The van der Waals surface area contributed by atoms with Crippen LogP contribution in [-0.2, 0) is 6.42 Å². The van der Waals surface area contributed by atoms with Crippen LogP contribution in [-0.4, -0.2) is 12.9 Å². The second-order valence-electron chi connectivity index (χ2n) is 3.05. The van der Waals surface area contributed by atoms with Crippen LogP contribution in [0.1, 0.15) is 29.8 Å². The molecule has 0 fully saturated rings. The van der Waals surface area contributed by atoms with E-state index >= 15 is 0 Å². The summed E-state index contributed by atoms with van der Waals surface area (Å²) in [5, 5.41) is 0. The first kappa shape index (κ1) is 10.7. The van der Waals surface area contributed by atoms with Crippen molar-refractivity contribution in [3.8, 4) is 5.75 Å². The standard InChI is InChI=1S/C11H13FO2/c1-4-8-5-11(14-3)10(12)6-9(8)7(2)13/h5-6H,4H2,1-3H3. The van der Waals surface area contributed by atoms with Crippen molar-refractivity contribution in [1.82, 2.24) is 0 Å². The highest BCUT2D eigenvalue weighted by molar-refractivity contribution is 5.95. The third-order valence-corrected chi connectivity index (χ3v) is 2.14. The number of methoxy groups -OCH3 is 1. The average Bonchev–Trinajstić information content (AvgIpc) is 2.17. The van der Waals surface area contributed by atoms with E-state index < -0.39 is 5.82 Å². The molecule has 14 heavy (non-hydrogen) atoms. The maximum absolute atomic E-state index is 13.2. The van der Waals surface area contributed by atoms with E-state index in [0.717, 1.165) is 5.56 Å². The van der Waals surface area contributed by atoms with Gasteiger partial charge in [0.2, 0.25) is 0 Å². The molecular formula is C11H13FO2. The fourth-order valence-corrected chi connectivity index (χ4v) is 1.37. The second kappa shape index (κ2) is 4.22. The minimum Gasteiger partial charge on any atom is -0.494 e. The van der Waals surface area contributed by atoms with Gasteiger partial charge in [0.25, 0.3) is 0 Å². The largest absolute Gasteiger partial charge is 0.494 e. The van der Waals surface area contributed by atoms with E-state index in [2.05, 4.69) is 0 Å². The Bertz CT molecular complexity index is 359. The molecule has 0 spiro atoms. The minimum absolute atomic E-state index is 0.122. The van der Waals surface area contributed by atoms with E-state index in [1.807, 2.05) is 6.92 Å². The lowest BCUT2D eigenvalue weighted by Gasteiger charge is -2.08. The maximum Gasteiger partial charge on any atom is 0.165 e. The van der Waals surface area contributed by atoms with Gasteiger partial charge in [-0.05, 0) is 31.0 Å². The van der Waals surface area contributed by atoms with Gasteiger partial charge in [-0.15, -0.1) is 0 Å². The molecule has 0 bridgehead atoms. The fraction of sp³-hybridized carbons (Fsp3) is 0.364. The highest BCUT2D eigenvalue weighted by Gasteiger charge is 2.11. The van der Waals surface area contributed by atoms with Gasteiger partial charge in [-0.1, -0.05) is 6.92 Å². The quantitative estimate of drug-likeness (QED) is 0.694. The number of ether oxygens (including phenoxy) is 1. The van der Waals surface area contributed by atoms with Crippen LogP contribution in [0.5, 0.6) is 5.75 Å². The fourth-order valence-electron chi connectivity index (χ4n) is 1.37. The first-order chi connectivity index (χ1) is 6.60. The summed E-state index contributed by atoms with van der Waals surface area (Å²) < 4.78 is 18.1. The van der Waals surface area contributed by atoms with Crippen molar-refractivity contribution < 1.29 is 13.9 Å². The van der Waals surface area contributed by atoms with Crippen LogP contribution >= 0.6 is 0 Å². The Morgan fingerprint density at radius 2 is 2.14 bits per heavy atom. The molecule has 1 aromatic rings. The lowest BCUT2D eigenvalue weighted by molar-refractivity contribution is 0.101. The molecular weight excluding hydrogens is 183 g/mol. The molecule has 0 N–H and O–H groups in total. The summed E-state index contributed by atoms with van der Waals surface area (Å²) in [6.45, 7) is 3.35. The zero-order valence-electron chi connectivity index (χ0n) is 8.56. The molecule has 0 saturated carbocycles. The number of carbonyl (C=O) groups is 1. The summed E-state index contributed by atoms with van der Waals surface area (Å²) in [7, 11) is 1.41. The summed E-state index contributed by atoms with van der Waals surface area (Å²) in [4.78, 5) is 11.2. The van der Waals surface area contributed by atoms with Crippen LogP contribution in [0.2, 0.25) is 0 Å². The molecule has 0 aliphatic rings. The van der Waals surface area contributed by atoms with Gasteiger partial charge in [0, 0.05) is 5.56 Å². The molecule has 0 aliphatic heterocycles. The highest BCUT2D eigenvalue weighted by atomic mass is 19.1. The molecule has 2 nitrogen and oxygen atoms in total. The number of ketones is 1. The highest BCUT2D eigenvalue weighted by Crippen LogP contribution is 2.22. The first-order valence-electron chi connectivity index (χ1n) is 4.47. The average molecular weight is 196 g/mol. The predicted molar refractivity (Wildman–Crippen MR) is 52.3 cm³/mol. The first-order valence-corrected chi connectivity index (χ1v) is 4.47. The normalized spacial score (nSPS) is 10.0. The van der Waals surface area contributed by atoms with Crippen molar-refractivity contribution in [1.29, 1.82) is 0 Å². The predicted octanol–water partition coefficient (Wildman–Crippen LogP) is 2.60. The molecule has 1 aromatic carbocycles. The summed E-state index contributed by atoms with van der Waals surface area (Å²) in [5.41, 5.74) is 1.25. The lowest BCUT2D eigenvalue weighted by Crippen LogP contribution is -2.01. The number of benzene rings is 1. The Kier molecular flexibility index (Phi) is 3.23. The Hall–Kier alpha value is -1.38. The van der Waals surface area contributed by atoms with Crippen molar-refractivity contribution in [3.05, 3.63) is 29.1 Å². The monoisotopic (exact) mass is 196 g/mol. The molecule has 0 radical (unpaired) electrons. The number of carbonyl (C=O) groups excluding carboxylic acids is 1. The van der Waals surface area contributed by atoms with Crippen molar-refractivity contribution in [2.45, 2.75) is 20.3 Å². The molecule has 76 valence electrons. The van der Waals surface area contributed by atoms with E-state index in [0.29, 0.717) is 12.0 Å². The number of hydrogen-bond donors (Lipinski definition) is 0. The molecule has 0 aromatic heterocycles. The van der Waals surface area contributed by atoms with E-state index in [-0.39, 0.29) is 11.5 Å². The summed E-state index contributed by atoms with van der Waals surface area (Å²) in [6, 6.07) is 2.81. The molecule has 0 atom stereocenters. The molecule has 0 heterocycles. The van der Waals surface area contributed by atoms with Gasteiger partial charge in [-0.2, -0.15) is 0 Å². The SMILES string of the molecule is CCc1cc(OC)c(F)cc1C(C)=O. The molecule has 3 heteroatoms. The van der Waals surface area contributed by atoms with Crippen molar-refractivity contribution in [2.24, 2.45) is 0 Å². The number of hydrogen-bond acceptors (Lipinski definition) is 2. The van der Waals surface area contributed by atoms with Crippen LogP contribution in [0.25, 0.3) is 0 Å². The van der Waals surface area contributed by atoms with Gasteiger partial charge >= 0.3 is 0 Å². The second-order valence-corrected chi connectivity index (χ2v) is 3.05. The van der Waals surface area contributed by atoms with Crippen LogP contribution in [0.4, 0.5) is 4.39 Å². The van der Waals surface area contributed by atoms with Crippen molar-refractivity contribution in [3.63, 3.8) is 0 Å². The van der Waals surface area contributed by atoms with Gasteiger partial charge in [0.1, 0.15) is 0 Å². The summed E-state index contributed by atoms with van der Waals surface area (Å²) in [6.07, 6.45) is 0.686. The molecule has 0 amide bonds. The van der Waals surface area contributed by atoms with E-state index in [4.69, 9.17) is 4.74 Å². The van der Waals surface area contributed by atoms with E-state index in [1.165, 1.54) is 20.1 Å². The Morgan fingerprint density at radius 3 is 2.57 bits per heavy atom. The van der Waals surface area contributed by atoms with E-state index in [1.54, 1.807) is 6.07 Å². The van der Waals surface area contributed by atoms with Gasteiger partial charge < -0.3 is 4.74 Å². The Morgan fingerprint density at radius 1 is 1.50 bits per heavy atom. The van der Waals surface area contributed by atoms with Crippen LogP contribution in [0.15, 0.2) is 12.1 Å². The number of Topliss-reactive ketones (excluding diaryl/α,β-unsaturated/α-hetero) is 1. The van der Waals surface area contributed by atoms with Crippen LogP contribution in [0.3, 0.4) is 0 Å². The Labute approximate surface area is 82.7 Å². The van der Waals surface area contributed by atoms with Crippen molar-refractivity contribution >= 4 is 5.78 Å². The number of halogens is 1. The van der Waals surface area contributed by atoms with Gasteiger partial charge in [0.05, 0.1) is 7.11 Å². The van der Waals surface area contributed by atoms with Gasteiger partial charge in [-0.25, -0.2) is 4.39 Å². The topological polar surface area (TPSA) is 26.3 Å². The minimum atomic E-state index is -0.491. The summed E-state index contributed by atoms with van der Waals surface area (Å²) >= 11 is 0. The van der Waals surface area contributed by atoms with Gasteiger partial charge in [0.15, 0.2) is 17.3 Å². The maximum atomic E-state index is 13.2. The third-order valence-electron chi connectivity index (χ3n) is 2.14. The van der Waals surface area contributed by atoms with Crippen LogP contribution < -0.4 is 4.74 Å². The molecule has 1 rings (SSSR count). The zero-order chi connectivity index (χ0) is 10.7. The van der Waals surface area contributed by atoms with Gasteiger partial charge in [-0.3, -0.25) is 4.79 Å². The molecule has 0 saturated heterocycles. The van der Waals surface area contributed by atoms with Crippen molar-refractivity contribution in [2.75, 3.05) is 7.11 Å². The third kappa shape index (κ3) is 1.92. The number of aryl methyl sites for hydroxylation is 1. The lowest BCUT2D eigenvalue weighted by atomic mass is 10.0. The smallest absolute Gasteiger partial charge is 0.165 e. The molecule has 0 aliphatic carbocycles. The molecule has 0 unspecified atom stereocenters. The van der Waals surface area contributed by atoms with E-state index in [9.17, 15) is 9.18 Å². The summed E-state index contributed by atoms with van der Waals surface area (Å²) in [5.74, 6) is -0.426. The Balaban J connectivity index is 3.31.